The molecule has 1 aliphatic carbocycles. The van der Waals surface area contributed by atoms with Crippen molar-refractivity contribution in [2.24, 2.45) is 11.8 Å². The second kappa shape index (κ2) is 8.72. The summed E-state index contributed by atoms with van der Waals surface area (Å²) in [7, 11) is 0. The molecule has 160 valence electrons. The fourth-order valence-corrected chi connectivity index (χ4v) is 4.78. The molecule has 1 N–H and O–H groups in total. The van der Waals surface area contributed by atoms with Gasteiger partial charge < -0.3 is 14.7 Å². The minimum atomic E-state index is -0.547. The van der Waals surface area contributed by atoms with Gasteiger partial charge in [-0.1, -0.05) is 12.1 Å². The van der Waals surface area contributed by atoms with Crippen LogP contribution in [-0.4, -0.2) is 46.2 Å². The van der Waals surface area contributed by atoms with Crippen LogP contribution < -0.4 is 4.74 Å². The Balaban J connectivity index is 1.33. The monoisotopic (exact) mass is 412 g/mol. The number of ether oxygens (including phenoxy) is 1. The van der Waals surface area contributed by atoms with E-state index in [0.29, 0.717) is 49.9 Å². The molecule has 0 bridgehead atoms. The zero-order valence-electron chi connectivity index (χ0n) is 17.6. The lowest BCUT2D eigenvalue weighted by molar-refractivity contribution is -0.130. The van der Waals surface area contributed by atoms with Gasteiger partial charge in [-0.15, -0.1) is 0 Å². The number of aryl methyl sites for hydroxylation is 3. The minimum Gasteiger partial charge on any atom is -0.486 e. The van der Waals surface area contributed by atoms with Crippen molar-refractivity contribution in [2.45, 2.75) is 51.7 Å². The summed E-state index contributed by atoms with van der Waals surface area (Å²) in [4.78, 5) is 19.0. The van der Waals surface area contributed by atoms with Crippen molar-refractivity contribution < 1.29 is 19.0 Å². The third kappa shape index (κ3) is 4.64. The SMILES string of the molecule is Cc1ccc(O[C@@H]2C[C@@H]3CN(C(=O)CCc4cccc(F)c4)C[C@@H]3C[C@H]2O)c(C)n1. The van der Waals surface area contributed by atoms with Gasteiger partial charge in [0.15, 0.2) is 0 Å². The molecule has 0 unspecified atom stereocenters. The lowest BCUT2D eigenvalue weighted by Gasteiger charge is -2.35. The topological polar surface area (TPSA) is 62.7 Å². The normalized spacial score (nSPS) is 25.8. The first-order valence-corrected chi connectivity index (χ1v) is 10.7. The highest BCUT2D eigenvalue weighted by Crippen LogP contribution is 2.38. The summed E-state index contributed by atoms with van der Waals surface area (Å²) in [5, 5.41) is 10.6. The lowest BCUT2D eigenvalue weighted by Crippen LogP contribution is -2.42. The van der Waals surface area contributed by atoms with Gasteiger partial charge in [-0.3, -0.25) is 9.78 Å². The van der Waals surface area contributed by atoms with E-state index in [1.807, 2.05) is 36.9 Å². The van der Waals surface area contributed by atoms with Gasteiger partial charge in [0.1, 0.15) is 17.7 Å². The number of carbonyl (C=O) groups excluding carboxylic acids is 1. The van der Waals surface area contributed by atoms with Crippen molar-refractivity contribution in [1.29, 1.82) is 0 Å². The van der Waals surface area contributed by atoms with Gasteiger partial charge in [-0.05, 0) is 74.8 Å². The van der Waals surface area contributed by atoms with Crippen LogP contribution in [-0.2, 0) is 11.2 Å². The number of halogens is 1. The molecule has 1 aromatic carbocycles. The molecule has 0 spiro atoms. The van der Waals surface area contributed by atoms with Crippen LogP contribution in [0, 0.1) is 31.5 Å². The second-order valence-corrected chi connectivity index (χ2v) is 8.68. The predicted molar refractivity (Wildman–Crippen MR) is 112 cm³/mol. The highest BCUT2D eigenvalue weighted by molar-refractivity contribution is 5.76. The van der Waals surface area contributed by atoms with E-state index in [1.54, 1.807) is 6.07 Å². The van der Waals surface area contributed by atoms with Gasteiger partial charge in [0.05, 0.1) is 11.8 Å². The van der Waals surface area contributed by atoms with Crippen LogP contribution in [0.1, 0.15) is 36.2 Å². The average molecular weight is 413 g/mol. The average Bonchev–Trinajstić information content (AvgIpc) is 3.11. The van der Waals surface area contributed by atoms with Crippen LogP contribution in [0.4, 0.5) is 4.39 Å². The Morgan fingerprint density at radius 1 is 1.20 bits per heavy atom. The van der Waals surface area contributed by atoms with Crippen LogP contribution in [0.3, 0.4) is 0 Å². The zero-order chi connectivity index (χ0) is 21.3. The maximum absolute atomic E-state index is 13.3. The maximum Gasteiger partial charge on any atom is 0.222 e. The van der Waals surface area contributed by atoms with Crippen LogP contribution in [0.5, 0.6) is 5.75 Å². The van der Waals surface area contributed by atoms with Crippen molar-refractivity contribution >= 4 is 5.91 Å². The molecule has 2 aliphatic rings. The number of aliphatic hydroxyl groups is 1. The Bertz CT molecular complexity index is 919. The van der Waals surface area contributed by atoms with Crippen LogP contribution in [0.25, 0.3) is 0 Å². The Kier molecular flexibility index (Phi) is 6.04. The third-order valence-corrected chi connectivity index (χ3v) is 6.41. The van der Waals surface area contributed by atoms with Gasteiger partial charge >= 0.3 is 0 Å². The first-order chi connectivity index (χ1) is 14.4. The summed E-state index contributed by atoms with van der Waals surface area (Å²) in [6.45, 7) is 5.23. The minimum absolute atomic E-state index is 0.0965. The number of carbonyl (C=O) groups is 1. The highest BCUT2D eigenvalue weighted by atomic mass is 19.1. The quantitative estimate of drug-likeness (QED) is 0.817. The lowest BCUT2D eigenvalue weighted by atomic mass is 9.78. The van der Waals surface area contributed by atoms with Crippen molar-refractivity contribution in [2.75, 3.05) is 13.1 Å². The smallest absolute Gasteiger partial charge is 0.222 e. The van der Waals surface area contributed by atoms with E-state index < -0.39 is 6.10 Å². The summed E-state index contributed by atoms with van der Waals surface area (Å²) in [6, 6.07) is 10.2. The van der Waals surface area contributed by atoms with E-state index in [4.69, 9.17) is 4.74 Å². The fraction of sp³-hybridized carbons (Fsp3) is 0.500. The summed E-state index contributed by atoms with van der Waals surface area (Å²) in [6.07, 6.45) is 1.45. The predicted octanol–water partition coefficient (Wildman–Crippen LogP) is 3.45. The molecule has 4 rings (SSSR count). The number of amides is 1. The van der Waals surface area contributed by atoms with Gasteiger partial charge in [0.25, 0.3) is 0 Å². The summed E-state index contributed by atoms with van der Waals surface area (Å²) in [5.74, 6) is 1.17. The largest absolute Gasteiger partial charge is 0.486 e. The summed E-state index contributed by atoms with van der Waals surface area (Å²) in [5.41, 5.74) is 2.60. The molecule has 4 atom stereocenters. The van der Waals surface area contributed by atoms with Gasteiger partial charge in [0, 0.05) is 25.2 Å². The van der Waals surface area contributed by atoms with Crippen molar-refractivity contribution in [1.82, 2.24) is 9.88 Å². The molecule has 1 amide bonds. The van der Waals surface area contributed by atoms with E-state index in [0.717, 1.165) is 23.4 Å². The summed E-state index contributed by atoms with van der Waals surface area (Å²) < 4.78 is 19.5. The number of aliphatic hydroxyl groups excluding tert-OH is 1. The maximum atomic E-state index is 13.3. The number of rotatable bonds is 5. The molecule has 2 aromatic rings. The van der Waals surface area contributed by atoms with Crippen LogP contribution >= 0.6 is 0 Å². The third-order valence-electron chi connectivity index (χ3n) is 6.41. The molecule has 1 saturated carbocycles. The van der Waals surface area contributed by atoms with Crippen LogP contribution in [0.2, 0.25) is 0 Å². The molecule has 5 nitrogen and oxygen atoms in total. The standard InChI is InChI=1S/C24H29FN2O3/c1-15-6-8-22(16(2)26-15)30-23-12-19-14-27(13-18(19)11-21(23)28)24(29)9-7-17-4-3-5-20(25)10-17/h3-6,8,10,18-19,21,23,28H,7,9,11-14H2,1-2H3/t18-,19+,21+,23+/m0/s1. The molecule has 1 saturated heterocycles. The van der Waals surface area contributed by atoms with Gasteiger partial charge in [-0.2, -0.15) is 0 Å². The molecule has 1 aliphatic heterocycles. The number of hydrogen-bond acceptors (Lipinski definition) is 4. The zero-order valence-corrected chi connectivity index (χ0v) is 17.6. The molecule has 0 radical (unpaired) electrons. The van der Waals surface area contributed by atoms with Crippen molar-refractivity contribution in [3.8, 4) is 5.75 Å². The van der Waals surface area contributed by atoms with E-state index in [1.165, 1.54) is 12.1 Å². The first-order valence-electron chi connectivity index (χ1n) is 10.7. The number of hydrogen-bond donors (Lipinski definition) is 1. The number of benzene rings is 1. The number of pyridine rings is 1. The van der Waals surface area contributed by atoms with E-state index in [-0.39, 0.29) is 17.8 Å². The Morgan fingerprint density at radius 3 is 2.70 bits per heavy atom. The van der Waals surface area contributed by atoms with Gasteiger partial charge in [-0.25, -0.2) is 4.39 Å². The number of nitrogens with zero attached hydrogens (tertiary/aromatic N) is 2. The Hall–Kier alpha value is -2.47. The molecule has 30 heavy (non-hydrogen) atoms. The van der Waals surface area contributed by atoms with Crippen molar-refractivity contribution in [3.63, 3.8) is 0 Å². The van der Waals surface area contributed by atoms with Crippen molar-refractivity contribution in [3.05, 3.63) is 59.2 Å². The number of aromatic nitrogens is 1. The van der Waals surface area contributed by atoms with Gasteiger partial charge in [0.2, 0.25) is 5.91 Å². The molecule has 1 aromatic heterocycles. The number of likely N-dealkylation sites (tertiary alicyclic amines) is 1. The van der Waals surface area contributed by atoms with Crippen LogP contribution in [0.15, 0.2) is 36.4 Å². The molecule has 2 heterocycles. The highest BCUT2D eigenvalue weighted by Gasteiger charge is 2.43. The van der Waals surface area contributed by atoms with E-state index in [9.17, 15) is 14.3 Å². The fourth-order valence-electron chi connectivity index (χ4n) is 4.78. The molecule has 6 heteroatoms. The molecular weight excluding hydrogens is 383 g/mol. The Labute approximate surface area is 176 Å². The first kappa shape index (κ1) is 20.8. The Morgan fingerprint density at radius 2 is 1.97 bits per heavy atom. The molecular formula is C24H29FN2O3. The summed E-state index contributed by atoms with van der Waals surface area (Å²) >= 11 is 0. The number of fused-ring (bicyclic) bond motifs is 1. The molecule has 2 fully saturated rings. The van der Waals surface area contributed by atoms with E-state index in [2.05, 4.69) is 4.98 Å². The second-order valence-electron chi connectivity index (χ2n) is 8.68. The van der Waals surface area contributed by atoms with E-state index >= 15 is 0 Å².